The molecule has 0 saturated carbocycles. The molecule has 0 radical (unpaired) electrons. The van der Waals surface area contributed by atoms with Gasteiger partial charge < -0.3 is 9.80 Å². The first-order valence-corrected chi connectivity index (χ1v) is 8.96. The quantitative estimate of drug-likeness (QED) is 0.795. The molecule has 0 aromatic heterocycles. The lowest BCUT2D eigenvalue weighted by molar-refractivity contribution is -0.137. The molecule has 146 valence electrons. The van der Waals surface area contributed by atoms with Gasteiger partial charge in [-0.25, -0.2) is 0 Å². The average Bonchev–Trinajstić information content (AvgIpc) is 2.55. The van der Waals surface area contributed by atoms with Crippen LogP contribution in [0.2, 0.25) is 0 Å². The first kappa shape index (κ1) is 20.7. The van der Waals surface area contributed by atoms with Crippen molar-refractivity contribution in [1.82, 2.24) is 14.7 Å². The number of carbonyl (C=O) groups is 1. The monoisotopic (exact) mass is 371 g/mol. The Morgan fingerprint density at radius 1 is 1.12 bits per heavy atom. The number of halogens is 3. The second-order valence-corrected chi connectivity index (χ2v) is 7.38. The van der Waals surface area contributed by atoms with Gasteiger partial charge in [0.15, 0.2) is 0 Å². The van der Waals surface area contributed by atoms with Gasteiger partial charge in [-0.15, -0.1) is 0 Å². The molecule has 1 aliphatic rings. The molecule has 0 N–H and O–H groups in total. The smallest absolute Gasteiger partial charge is 0.336 e. The van der Waals surface area contributed by atoms with Gasteiger partial charge in [-0.2, -0.15) is 13.2 Å². The van der Waals surface area contributed by atoms with Crippen LogP contribution in [0.4, 0.5) is 13.2 Å². The highest BCUT2D eigenvalue weighted by Crippen LogP contribution is 2.29. The van der Waals surface area contributed by atoms with E-state index < -0.39 is 11.7 Å². The summed E-state index contributed by atoms with van der Waals surface area (Å²) in [6, 6.07) is 4.92. The van der Waals surface area contributed by atoms with Crippen molar-refractivity contribution in [3.05, 3.63) is 35.4 Å². The van der Waals surface area contributed by atoms with E-state index in [2.05, 4.69) is 23.6 Å². The highest BCUT2D eigenvalue weighted by molar-refractivity contribution is 5.94. The number of nitrogens with zero attached hydrogens (tertiary/aromatic N) is 3. The zero-order valence-corrected chi connectivity index (χ0v) is 15.9. The molecule has 4 nitrogen and oxygen atoms in total. The number of benzene rings is 1. The number of alkyl halides is 3. The van der Waals surface area contributed by atoms with E-state index in [1.54, 1.807) is 4.90 Å². The van der Waals surface area contributed by atoms with Crippen LogP contribution in [-0.2, 0) is 6.18 Å². The predicted molar refractivity (Wildman–Crippen MR) is 96.1 cm³/mol. The molecule has 1 aromatic rings. The lowest BCUT2D eigenvalue weighted by Gasteiger charge is -2.44. The van der Waals surface area contributed by atoms with Crippen LogP contribution in [0.25, 0.3) is 0 Å². The van der Waals surface area contributed by atoms with Crippen LogP contribution in [0.15, 0.2) is 24.3 Å². The van der Waals surface area contributed by atoms with Crippen LogP contribution in [0.3, 0.4) is 0 Å². The van der Waals surface area contributed by atoms with Crippen LogP contribution < -0.4 is 0 Å². The molecular weight excluding hydrogens is 343 g/mol. The number of amides is 1. The van der Waals surface area contributed by atoms with Crippen molar-refractivity contribution in [2.24, 2.45) is 0 Å². The minimum absolute atomic E-state index is 0.203. The van der Waals surface area contributed by atoms with Gasteiger partial charge >= 0.3 is 6.18 Å². The van der Waals surface area contributed by atoms with Crippen molar-refractivity contribution in [3.8, 4) is 0 Å². The number of hydrogen-bond acceptors (Lipinski definition) is 3. The van der Waals surface area contributed by atoms with Crippen molar-refractivity contribution in [3.63, 3.8) is 0 Å². The normalized spacial score (nSPS) is 22.1. The largest absolute Gasteiger partial charge is 0.416 e. The molecule has 1 amide bonds. The Kier molecular flexibility index (Phi) is 6.69. The van der Waals surface area contributed by atoms with E-state index in [4.69, 9.17) is 0 Å². The summed E-state index contributed by atoms with van der Waals surface area (Å²) in [6.45, 7) is 7.36. The fourth-order valence-electron chi connectivity index (χ4n) is 3.52. The van der Waals surface area contributed by atoms with Gasteiger partial charge in [0.2, 0.25) is 0 Å². The summed E-state index contributed by atoms with van der Waals surface area (Å²) in [5.74, 6) is -0.203. The highest BCUT2D eigenvalue weighted by Gasteiger charge is 2.33. The Bertz CT molecular complexity index is 589. The molecular formula is C19H28F3N3O. The topological polar surface area (TPSA) is 26.8 Å². The van der Waals surface area contributed by atoms with Gasteiger partial charge in [-0.3, -0.25) is 9.69 Å². The van der Waals surface area contributed by atoms with Crippen LogP contribution in [0.1, 0.15) is 36.2 Å². The predicted octanol–water partition coefficient (Wildman–Crippen LogP) is 3.19. The Morgan fingerprint density at radius 2 is 1.65 bits per heavy atom. The molecule has 2 unspecified atom stereocenters. The van der Waals surface area contributed by atoms with E-state index >= 15 is 0 Å². The standard InChI is InChI=1S/C19H28F3N3O/c1-14-12-24(13-15(2)25(14)11-5-10-23(3)4)18(26)16-6-8-17(9-7-16)19(20,21)22/h6-9,14-15H,5,10-13H2,1-4H3. The summed E-state index contributed by atoms with van der Waals surface area (Å²) in [5.41, 5.74) is -0.431. The second-order valence-electron chi connectivity index (χ2n) is 7.38. The Balaban J connectivity index is 1.99. The van der Waals surface area contributed by atoms with Crippen LogP contribution in [-0.4, -0.2) is 73.0 Å². The van der Waals surface area contributed by atoms with Crippen molar-refractivity contribution < 1.29 is 18.0 Å². The molecule has 0 bridgehead atoms. The summed E-state index contributed by atoms with van der Waals surface area (Å²) in [7, 11) is 4.10. The maximum Gasteiger partial charge on any atom is 0.416 e. The second kappa shape index (κ2) is 8.39. The number of hydrogen-bond donors (Lipinski definition) is 0. The Labute approximate surface area is 153 Å². The van der Waals surface area contributed by atoms with Crippen molar-refractivity contribution in [2.75, 3.05) is 40.3 Å². The summed E-state index contributed by atoms with van der Waals surface area (Å²) < 4.78 is 38.0. The van der Waals surface area contributed by atoms with Crippen molar-refractivity contribution >= 4 is 5.91 Å². The van der Waals surface area contributed by atoms with Crippen LogP contribution in [0, 0.1) is 0 Å². The van der Waals surface area contributed by atoms with Crippen LogP contribution >= 0.6 is 0 Å². The summed E-state index contributed by atoms with van der Waals surface area (Å²) in [5, 5.41) is 0. The molecule has 1 aliphatic heterocycles. The fraction of sp³-hybridized carbons (Fsp3) is 0.632. The van der Waals surface area contributed by atoms with Crippen LogP contribution in [0.5, 0.6) is 0 Å². The Morgan fingerprint density at radius 3 is 2.12 bits per heavy atom. The third kappa shape index (κ3) is 5.20. The van der Waals surface area contributed by atoms with Gasteiger partial charge in [-0.1, -0.05) is 0 Å². The van der Waals surface area contributed by atoms with E-state index in [1.807, 2.05) is 14.1 Å². The first-order chi connectivity index (χ1) is 12.1. The molecule has 2 rings (SSSR count). The van der Waals surface area contributed by atoms with Gasteiger partial charge in [0.05, 0.1) is 5.56 Å². The van der Waals surface area contributed by atoms with E-state index in [1.165, 1.54) is 12.1 Å². The average molecular weight is 371 g/mol. The minimum Gasteiger partial charge on any atom is -0.336 e. The maximum absolute atomic E-state index is 12.7. The molecule has 1 fully saturated rings. The molecule has 0 spiro atoms. The Hall–Kier alpha value is -1.60. The third-order valence-corrected chi connectivity index (χ3v) is 4.87. The van der Waals surface area contributed by atoms with E-state index in [0.717, 1.165) is 31.6 Å². The molecule has 1 saturated heterocycles. The summed E-state index contributed by atoms with van der Waals surface area (Å²) in [6.07, 6.45) is -3.32. The minimum atomic E-state index is -4.39. The van der Waals surface area contributed by atoms with Crippen molar-refractivity contribution in [2.45, 2.75) is 38.5 Å². The summed E-state index contributed by atoms with van der Waals surface area (Å²) >= 11 is 0. The molecule has 0 aliphatic carbocycles. The maximum atomic E-state index is 12.7. The lowest BCUT2D eigenvalue weighted by Crippen LogP contribution is -2.58. The van der Waals surface area contributed by atoms with Gasteiger partial charge in [0.1, 0.15) is 0 Å². The zero-order valence-electron chi connectivity index (χ0n) is 15.9. The molecule has 7 heteroatoms. The lowest BCUT2D eigenvalue weighted by atomic mass is 10.0. The van der Waals surface area contributed by atoms with E-state index in [0.29, 0.717) is 18.7 Å². The van der Waals surface area contributed by atoms with E-state index in [9.17, 15) is 18.0 Å². The van der Waals surface area contributed by atoms with Gasteiger partial charge in [0, 0.05) is 37.3 Å². The summed E-state index contributed by atoms with van der Waals surface area (Å²) in [4.78, 5) is 19.0. The molecule has 26 heavy (non-hydrogen) atoms. The molecule has 2 atom stereocenters. The highest BCUT2D eigenvalue weighted by atomic mass is 19.4. The molecule has 1 aromatic carbocycles. The fourth-order valence-corrected chi connectivity index (χ4v) is 3.52. The number of carbonyl (C=O) groups excluding carboxylic acids is 1. The SMILES string of the molecule is CC1CN(C(=O)c2ccc(C(F)(F)F)cc2)CC(C)N1CCCN(C)C. The van der Waals surface area contributed by atoms with Gasteiger partial charge in [0.25, 0.3) is 5.91 Å². The third-order valence-electron chi connectivity index (χ3n) is 4.87. The van der Waals surface area contributed by atoms with Gasteiger partial charge in [-0.05, 0) is 65.2 Å². The first-order valence-electron chi connectivity index (χ1n) is 8.96. The van der Waals surface area contributed by atoms with E-state index in [-0.39, 0.29) is 18.0 Å². The zero-order chi connectivity index (χ0) is 19.5. The van der Waals surface area contributed by atoms with Crippen molar-refractivity contribution in [1.29, 1.82) is 0 Å². The molecule has 1 heterocycles. The number of rotatable bonds is 5. The number of piperazine rings is 1.